The molecule has 1 amide bonds. The minimum Gasteiger partial charge on any atom is -0.445 e. The number of hydrogen-bond donors (Lipinski definition) is 2. The lowest BCUT2D eigenvalue weighted by Gasteiger charge is -2.17. The van der Waals surface area contributed by atoms with Crippen LogP contribution in [0.15, 0.2) is 53.0 Å². The van der Waals surface area contributed by atoms with Gasteiger partial charge in [0.25, 0.3) is 0 Å². The molecule has 2 aromatic rings. The smallest absolute Gasteiger partial charge is 0.408 e. The van der Waals surface area contributed by atoms with Gasteiger partial charge in [-0.2, -0.15) is 0 Å². The van der Waals surface area contributed by atoms with Crippen molar-refractivity contribution in [2.24, 2.45) is 0 Å². The molecular weight excluding hydrogens is 370 g/mol. The highest BCUT2D eigenvalue weighted by Gasteiger charge is 2.15. The Bertz CT molecular complexity index is 616. The second-order valence-corrected chi connectivity index (χ2v) is 6.00. The minimum atomic E-state index is -0.598. The molecule has 0 aromatic heterocycles. The Morgan fingerprint density at radius 3 is 2.64 bits per heavy atom. The van der Waals surface area contributed by atoms with Crippen molar-refractivity contribution in [3.05, 3.63) is 69.2 Å². The van der Waals surface area contributed by atoms with Crippen molar-refractivity contribution in [3.8, 4) is 0 Å². The molecule has 0 spiro atoms. The summed E-state index contributed by atoms with van der Waals surface area (Å²) in [5, 5.41) is 12.6. The van der Waals surface area contributed by atoms with Crippen LogP contribution >= 0.6 is 27.5 Å². The molecule has 0 saturated carbocycles. The van der Waals surface area contributed by atoms with E-state index < -0.39 is 12.1 Å². The Labute approximate surface area is 142 Å². The number of aliphatic hydroxyl groups excluding tert-OH is 1. The predicted octanol–water partition coefficient (Wildman–Crippen LogP) is 4.06. The lowest BCUT2D eigenvalue weighted by molar-refractivity contribution is 0.129. The number of benzene rings is 2. The van der Waals surface area contributed by atoms with Gasteiger partial charge in [-0.3, -0.25) is 0 Å². The molecule has 0 aliphatic heterocycles. The fourth-order valence-corrected chi connectivity index (χ4v) is 2.80. The van der Waals surface area contributed by atoms with E-state index in [1.807, 2.05) is 30.3 Å². The predicted molar refractivity (Wildman–Crippen MR) is 88.7 cm³/mol. The number of carbonyl (C=O) groups excluding carboxylic acids is 1. The number of hydrogen-bond acceptors (Lipinski definition) is 3. The first-order valence-corrected chi connectivity index (χ1v) is 7.79. The van der Waals surface area contributed by atoms with Crippen molar-refractivity contribution in [2.45, 2.75) is 12.6 Å². The van der Waals surface area contributed by atoms with Crippen LogP contribution in [-0.4, -0.2) is 17.8 Å². The van der Waals surface area contributed by atoms with Crippen molar-refractivity contribution in [1.82, 2.24) is 5.32 Å². The van der Waals surface area contributed by atoms with E-state index in [4.69, 9.17) is 16.3 Å². The van der Waals surface area contributed by atoms with E-state index in [2.05, 4.69) is 21.2 Å². The first kappa shape index (κ1) is 16.8. The first-order valence-electron chi connectivity index (χ1n) is 6.62. The molecule has 0 saturated heterocycles. The number of aliphatic hydroxyl groups is 1. The largest absolute Gasteiger partial charge is 0.445 e. The second kappa shape index (κ2) is 8.17. The van der Waals surface area contributed by atoms with E-state index in [-0.39, 0.29) is 13.2 Å². The van der Waals surface area contributed by atoms with Gasteiger partial charge in [0, 0.05) is 9.50 Å². The number of halogens is 2. The quantitative estimate of drug-likeness (QED) is 0.817. The Hall–Kier alpha value is -1.56. The summed E-state index contributed by atoms with van der Waals surface area (Å²) >= 11 is 9.30. The van der Waals surface area contributed by atoms with Gasteiger partial charge in [-0.25, -0.2) is 4.79 Å². The Balaban J connectivity index is 1.96. The average molecular weight is 385 g/mol. The standard InChI is InChI=1S/C16H15BrClNO3/c17-13-6-12(7-14(18)8-13)15(9-20)19-16(21)22-10-11-4-2-1-3-5-11/h1-8,15,20H,9-10H2,(H,19,21)/t15-/m1/s1. The minimum absolute atomic E-state index is 0.171. The maximum atomic E-state index is 11.8. The van der Waals surface area contributed by atoms with Gasteiger partial charge in [-0.05, 0) is 29.3 Å². The number of amides is 1. The fraction of sp³-hybridized carbons (Fsp3) is 0.188. The summed E-state index contributed by atoms with van der Waals surface area (Å²) in [4.78, 5) is 11.8. The van der Waals surface area contributed by atoms with Gasteiger partial charge in [0.2, 0.25) is 0 Å². The number of nitrogens with one attached hydrogen (secondary N) is 1. The molecule has 2 rings (SSSR count). The Kier molecular flexibility index (Phi) is 6.24. The van der Waals surface area contributed by atoms with E-state index in [0.29, 0.717) is 10.6 Å². The van der Waals surface area contributed by atoms with Crippen LogP contribution in [0.2, 0.25) is 5.02 Å². The van der Waals surface area contributed by atoms with E-state index in [1.54, 1.807) is 18.2 Å². The van der Waals surface area contributed by atoms with Gasteiger partial charge >= 0.3 is 6.09 Å². The molecule has 0 bridgehead atoms. The van der Waals surface area contributed by atoms with Crippen molar-refractivity contribution in [3.63, 3.8) is 0 Å². The van der Waals surface area contributed by atoms with Gasteiger partial charge < -0.3 is 15.2 Å². The molecule has 2 aromatic carbocycles. The Morgan fingerprint density at radius 2 is 2.00 bits per heavy atom. The highest BCUT2D eigenvalue weighted by Crippen LogP contribution is 2.24. The van der Waals surface area contributed by atoms with Crippen LogP contribution in [0.1, 0.15) is 17.2 Å². The topological polar surface area (TPSA) is 58.6 Å². The van der Waals surface area contributed by atoms with Crippen molar-refractivity contribution in [2.75, 3.05) is 6.61 Å². The summed E-state index contributed by atoms with van der Waals surface area (Å²) in [6.45, 7) is -0.0860. The maximum absolute atomic E-state index is 11.8. The van der Waals surface area contributed by atoms with Gasteiger partial charge in [-0.15, -0.1) is 0 Å². The third-order valence-electron chi connectivity index (χ3n) is 2.97. The number of carbonyl (C=O) groups is 1. The summed E-state index contributed by atoms with van der Waals surface area (Å²) < 4.78 is 5.91. The second-order valence-electron chi connectivity index (χ2n) is 4.64. The zero-order valence-electron chi connectivity index (χ0n) is 11.6. The molecule has 0 heterocycles. The fourth-order valence-electron chi connectivity index (χ4n) is 1.92. The Morgan fingerprint density at radius 1 is 1.27 bits per heavy atom. The van der Waals surface area contributed by atoms with Crippen LogP contribution in [0.3, 0.4) is 0 Å². The average Bonchev–Trinajstić information content (AvgIpc) is 2.50. The van der Waals surface area contributed by atoms with Gasteiger partial charge in [0.1, 0.15) is 6.61 Å². The van der Waals surface area contributed by atoms with Crippen molar-refractivity contribution in [1.29, 1.82) is 0 Å². The number of ether oxygens (including phenoxy) is 1. The highest BCUT2D eigenvalue weighted by atomic mass is 79.9. The van der Waals surface area contributed by atoms with Gasteiger partial charge in [0.05, 0.1) is 12.6 Å². The molecular formula is C16H15BrClNO3. The van der Waals surface area contributed by atoms with Crippen LogP contribution in [-0.2, 0) is 11.3 Å². The third kappa shape index (κ3) is 5.02. The molecule has 4 nitrogen and oxygen atoms in total. The zero-order chi connectivity index (χ0) is 15.9. The summed E-state index contributed by atoms with van der Waals surface area (Å²) in [6.07, 6.45) is -0.598. The van der Waals surface area contributed by atoms with Crippen molar-refractivity contribution < 1.29 is 14.6 Å². The zero-order valence-corrected chi connectivity index (χ0v) is 14.0. The summed E-state index contributed by atoms with van der Waals surface area (Å²) in [5.74, 6) is 0. The van der Waals surface area contributed by atoms with Gasteiger partial charge in [-0.1, -0.05) is 57.9 Å². The highest BCUT2D eigenvalue weighted by molar-refractivity contribution is 9.10. The van der Waals surface area contributed by atoms with Crippen LogP contribution in [0.4, 0.5) is 4.79 Å². The summed E-state index contributed by atoms with van der Waals surface area (Å²) in [6, 6.07) is 14.0. The van der Waals surface area contributed by atoms with E-state index in [0.717, 1.165) is 10.0 Å². The molecule has 1 atom stereocenters. The third-order valence-corrected chi connectivity index (χ3v) is 3.65. The van der Waals surface area contributed by atoms with Crippen LogP contribution in [0, 0.1) is 0 Å². The molecule has 0 aliphatic rings. The number of alkyl carbamates (subject to hydrolysis) is 1. The van der Waals surface area contributed by atoms with Crippen LogP contribution in [0.25, 0.3) is 0 Å². The lowest BCUT2D eigenvalue weighted by Crippen LogP contribution is -2.31. The SMILES string of the molecule is O=C(N[C@H](CO)c1cc(Cl)cc(Br)c1)OCc1ccccc1. The van der Waals surface area contributed by atoms with Crippen molar-refractivity contribution >= 4 is 33.6 Å². The molecule has 0 fully saturated rings. The van der Waals surface area contributed by atoms with Gasteiger partial charge in [0.15, 0.2) is 0 Å². The molecule has 0 aliphatic carbocycles. The molecule has 22 heavy (non-hydrogen) atoms. The molecule has 6 heteroatoms. The number of rotatable bonds is 5. The normalized spacial score (nSPS) is 11.8. The summed E-state index contributed by atoms with van der Waals surface area (Å²) in [5.41, 5.74) is 1.59. The van der Waals surface area contributed by atoms with Crippen LogP contribution in [0.5, 0.6) is 0 Å². The molecule has 2 N–H and O–H groups in total. The van der Waals surface area contributed by atoms with E-state index in [1.165, 1.54) is 0 Å². The molecule has 116 valence electrons. The van der Waals surface area contributed by atoms with Crippen LogP contribution < -0.4 is 5.32 Å². The first-order chi connectivity index (χ1) is 10.6. The molecule has 0 radical (unpaired) electrons. The summed E-state index contributed by atoms with van der Waals surface area (Å²) in [7, 11) is 0. The molecule has 0 unspecified atom stereocenters. The maximum Gasteiger partial charge on any atom is 0.408 e. The monoisotopic (exact) mass is 383 g/mol. The van der Waals surface area contributed by atoms with E-state index in [9.17, 15) is 9.90 Å². The van der Waals surface area contributed by atoms with E-state index >= 15 is 0 Å². The lowest BCUT2D eigenvalue weighted by atomic mass is 10.1.